The number of carbonyl (C=O) groups is 1. The highest BCUT2D eigenvalue weighted by molar-refractivity contribution is 6.05. The van der Waals surface area contributed by atoms with Gasteiger partial charge in [-0.15, -0.1) is 0 Å². The number of hydrogen-bond donors (Lipinski definition) is 2. The third-order valence-corrected chi connectivity index (χ3v) is 4.02. The number of aromatic nitrogens is 2. The van der Waals surface area contributed by atoms with E-state index in [9.17, 15) is 13.6 Å². The molecule has 128 valence electrons. The molecule has 0 spiro atoms. The van der Waals surface area contributed by atoms with Gasteiger partial charge >= 0.3 is 0 Å². The van der Waals surface area contributed by atoms with Gasteiger partial charge in [0.15, 0.2) is 0 Å². The molecule has 1 heterocycles. The molecule has 4 aromatic rings. The zero-order chi connectivity index (χ0) is 18.1. The fraction of sp³-hybridized carbons (Fsp3) is 0. The van der Waals surface area contributed by atoms with Crippen LogP contribution in [0.4, 0.5) is 14.5 Å². The van der Waals surface area contributed by atoms with Crippen LogP contribution in [0.2, 0.25) is 0 Å². The predicted octanol–water partition coefficient (Wildman–Crippen LogP) is 4.76. The van der Waals surface area contributed by atoms with Crippen LogP contribution in [-0.2, 0) is 0 Å². The number of benzene rings is 3. The highest BCUT2D eigenvalue weighted by Gasteiger charge is 2.10. The number of fused-ring (bicyclic) bond motifs is 1. The van der Waals surface area contributed by atoms with Gasteiger partial charge in [-0.05, 0) is 53.6 Å². The smallest absolute Gasteiger partial charge is 0.255 e. The maximum absolute atomic E-state index is 13.4. The number of anilines is 1. The van der Waals surface area contributed by atoms with E-state index in [0.717, 1.165) is 17.0 Å². The molecule has 3 aromatic carbocycles. The Labute approximate surface area is 147 Å². The summed E-state index contributed by atoms with van der Waals surface area (Å²) < 4.78 is 26.9. The summed E-state index contributed by atoms with van der Waals surface area (Å²) in [7, 11) is 0. The van der Waals surface area contributed by atoms with Crippen LogP contribution in [-0.4, -0.2) is 16.1 Å². The Balaban J connectivity index is 1.61. The van der Waals surface area contributed by atoms with Gasteiger partial charge in [0.2, 0.25) is 0 Å². The molecule has 0 saturated carbocycles. The lowest BCUT2D eigenvalue weighted by molar-refractivity contribution is 0.102. The Morgan fingerprint density at radius 1 is 0.923 bits per heavy atom. The molecule has 6 heteroatoms. The van der Waals surface area contributed by atoms with Gasteiger partial charge in [0.25, 0.3) is 5.91 Å². The summed E-state index contributed by atoms with van der Waals surface area (Å²) in [5.41, 5.74) is 2.82. The second-order valence-electron chi connectivity index (χ2n) is 5.87. The average molecular weight is 349 g/mol. The number of halogens is 2. The van der Waals surface area contributed by atoms with Gasteiger partial charge in [-0.25, -0.2) is 8.78 Å². The Bertz CT molecular complexity index is 1100. The van der Waals surface area contributed by atoms with Crippen molar-refractivity contribution in [3.8, 4) is 11.1 Å². The lowest BCUT2D eigenvalue weighted by Gasteiger charge is -2.08. The molecule has 1 amide bonds. The summed E-state index contributed by atoms with van der Waals surface area (Å²) >= 11 is 0. The van der Waals surface area contributed by atoms with Crippen LogP contribution >= 0.6 is 0 Å². The maximum Gasteiger partial charge on any atom is 0.255 e. The minimum atomic E-state index is -0.664. The predicted molar refractivity (Wildman–Crippen MR) is 95.8 cm³/mol. The van der Waals surface area contributed by atoms with Crippen LogP contribution in [0.5, 0.6) is 0 Å². The number of nitrogens with zero attached hydrogens (tertiary/aromatic N) is 1. The second kappa shape index (κ2) is 6.40. The normalized spacial score (nSPS) is 10.8. The number of amides is 1. The largest absolute Gasteiger partial charge is 0.322 e. The number of H-pyrrole nitrogens is 1. The molecule has 4 rings (SSSR count). The van der Waals surface area contributed by atoms with Crippen molar-refractivity contribution in [2.75, 3.05) is 5.32 Å². The van der Waals surface area contributed by atoms with Gasteiger partial charge in [0.1, 0.15) is 11.6 Å². The Morgan fingerprint density at radius 3 is 2.54 bits per heavy atom. The molecule has 4 nitrogen and oxygen atoms in total. The van der Waals surface area contributed by atoms with Crippen molar-refractivity contribution in [2.24, 2.45) is 0 Å². The van der Waals surface area contributed by atoms with E-state index < -0.39 is 11.6 Å². The minimum Gasteiger partial charge on any atom is -0.322 e. The number of nitrogens with one attached hydrogen (secondary N) is 2. The Hall–Kier alpha value is -3.54. The highest BCUT2D eigenvalue weighted by atomic mass is 19.1. The van der Waals surface area contributed by atoms with Gasteiger partial charge in [-0.3, -0.25) is 9.89 Å². The molecule has 26 heavy (non-hydrogen) atoms. The Morgan fingerprint density at radius 2 is 1.73 bits per heavy atom. The van der Waals surface area contributed by atoms with Crippen LogP contribution in [0, 0.1) is 11.6 Å². The lowest BCUT2D eigenvalue weighted by atomic mass is 10.0. The number of aromatic amines is 1. The number of hydrogen-bond acceptors (Lipinski definition) is 2. The Kier molecular flexibility index (Phi) is 3.93. The molecule has 1 aromatic heterocycles. The zero-order valence-electron chi connectivity index (χ0n) is 13.5. The first-order valence-electron chi connectivity index (χ1n) is 7.89. The summed E-state index contributed by atoms with van der Waals surface area (Å²) in [6.45, 7) is 0. The van der Waals surface area contributed by atoms with Gasteiger partial charge in [0.05, 0.1) is 11.7 Å². The molecule has 0 aliphatic heterocycles. The van der Waals surface area contributed by atoms with E-state index >= 15 is 0 Å². The van der Waals surface area contributed by atoms with Crippen molar-refractivity contribution in [1.29, 1.82) is 0 Å². The summed E-state index contributed by atoms with van der Waals surface area (Å²) in [6, 6.07) is 15.3. The van der Waals surface area contributed by atoms with E-state index in [-0.39, 0.29) is 5.91 Å². The van der Waals surface area contributed by atoms with E-state index in [2.05, 4.69) is 15.5 Å². The van der Waals surface area contributed by atoms with Gasteiger partial charge in [0, 0.05) is 22.7 Å². The van der Waals surface area contributed by atoms with Crippen molar-refractivity contribution in [3.63, 3.8) is 0 Å². The van der Waals surface area contributed by atoms with Gasteiger partial charge in [-0.2, -0.15) is 5.10 Å². The standard InChI is InChI=1S/C20H13F2N3O/c21-16-7-14(8-17(22)10-16)12-2-1-3-13(6-12)20(26)24-18-4-5-19-15(9-18)11-23-25-19/h1-11H,(H,23,25)(H,24,26). The first kappa shape index (κ1) is 16.0. The summed E-state index contributed by atoms with van der Waals surface area (Å²) in [6.07, 6.45) is 1.67. The third-order valence-electron chi connectivity index (χ3n) is 4.02. The van der Waals surface area contributed by atoms with Crippen molar-refractivity contribution in [1.82, 2.24) is 10.2 Å². The van der Waals surface area contributed by atoms with Crippen LogP contribution in [0.1, 0.15) is 10.4 Å². The molecule has 0 bridgehead atoms. The van der Waals surface area contributed by atoms with E-state index in [0.29, 0.717) is 22.4 Å². The molecule has 0 aliphatic carbocycles. The molecule has 0 unspecified atom stereocenters. The van der Waals surface area contributed by atoms with Crippen LogP contribution < -0.4 is 5.32 Å². The van der Waals surface area contributed by atoms with Crippen molar-refractivity contribution in [3.05, 3.63) is 84.1 Å². The number of carbonyl (C=O) groups excluding carboxylic acids is 1. The first-order chi connectivity index (χ1) is 12.6. The van der Waals surface area contributed by atoms with Crippen LogP contribution in [0.25, 0.3) is 22.0 Å². The zero-order valence-corrected chi connectivity index (χ0v) is 13.5. The van der Waals surface area contributed by atoms with E-state index in [1.54, 1.807) is 36.5 Å². The lowest BCUT2D eigenvalue weighted by Crippen LogP contribution is -2.11. The molecule has 0 fully saturated rings. The molecule has 0 radical (unpaired) electrons. The van der Waals surface area contributed by atoms with E-state index in [1.165, 1.54) is 12.1 Å². The van der Waals surface area contributed by atoms with Crippen LogP contribution in [0.15, 0.2) is 66.9 Å². The monoisotopic (exact) mass is 349 g/mol. The quantitative estimate of drug-likeness (QED) is 0.560. The van der Waals surface area contributed by atoms with Crippen molar-refractivity contribution in [2.45, 2.75) is 0 Å². The fourth-order valence-corrected chi connectivity index (χ4v) is 2.78. The first-order valence-corrected chi connectivity index (χ1v) is 7.89. The van der Waals surface area contributed by atoms with Crippen molar-refractivity contribution < 1.29 is 13.6 Å². The summed E-state index contributed by atoms with van der Waals surface area (Å²) in [5.74, 6) is -1.64. The van der Waals surface area contributed by atoms with E-state index in [4.69, 9.17) is 0 Å². The molecule has 0 aliphatic rings. The van der Waals surface area contributed by atoms with Crippen LogP contribution in [0.3, 0.4) is 0 Å². The van der Waals surface area contributed by atoms with Gasteiger partial charge < -0.3 is 5.32 Å². The third kappa shape index (κ3) is 3.17. The second-order valence-corrected chi connectivity index (χ2v) is 5.87. The SMILES string of the molecule is O=C(Nc1ccc2[nH]ncc2c1)c1cccc(-c2cc(F)cc(F)c2)c1. The van der Waals surface area contributed by atoms with E-state index in [1.807, 2.05) is 12.1 Å². The average Bonchev–Trinajstić information content (AvgIpc) is 3.09. The molecular formula is C20H13F2N3O. The summed E-state index contributed by atoms with van der Waals surface area (Å²) in [5, 5.41) is 10.5. The topological polar surface area (TPSA) is 57.8 Å². The molecule has 2 N–H and O–H groups in total. The number of rotatable bonds is 3. The van der Waals surface area contributed by atoms with Crippen molar-refractivity contribution >= 4 is 22.5 Å². The highest BCUT2D eigenvalue weighted by Crippen LogP contribution is 2.23. The molecule has 0 atom stereocenters. The maximum atomic E-state index is 13.4. The summed E-state index contributed by atoms with van der Waals surface area (Å²) in [4.78, 5) is 12.5. The fourth-order valence-electron chi connectivity index (χ4n) is 2.78. The van der Waals surface area contributed by atoms with Gasteiger partial charge in [-0.1, -0.05) is 12.1 Å². The minimum absolute atomic E-state index is 0.313. The molecular weight excluding hydrogens is 336 g/mol. The molecule has 0 saturated heterocycles.